The highest BCUT2D eigenvalue weighted by molar-refractivity contribution is 5.20. The number of para-hydroxylation sites is 1. The van der Waals surface area contributed by atoms with Gasteiger partial charge in [-0.15, -0.1) is 0 Å². The van der Waals surface area contributed by atoms with Gasteiger partial charge >= 0.3 is 0 Å². The lowest BCUT2D eigenvalue weighted by atomic mass is 10.3. The molecule has 1 rings (SSSR count). The van der Waals surface area contributed by atoms with Crippen molar-refractivity contribution in [1.82, 2.24) is 0 Å². The summed E-state index contributed by atoms with van der Waals surface area (Å²) >= 11 is 0. The Morgan fingerprint density at radius 1 is 1.33 bits per heavy atom. The molecule has 0 heterocycles. The summed E-state index contributed by atoms with van der Waals surface area (Å²) in [6, 6.07) is 9.46. The molecule has 12 heavy (non-hydrogen) atoms. The van der Waals surface area contributed by atoms with Crippen molar-refractivity contribution in [3.63, 3.8) is 0 Å². The van der Waals surface area contributed by atoms with Crippen LogP contribution in [-0.2, 0) is 4.74 Å². The second kappa shape index (κ2) is 4.74. The molecule has 0 saturated heterocycles. The topological polar surface area (TPSA) is 44.5 Å². The molecule has 0 bridgehead atoms. The van der Waals surface area contributed by atoms with Gasteiger partial charge in [0.25, 0.3) is 0 Å². The molecule has 3 heteroatoms. The van der Waals surface area contributed by atoms with E-state index >= 15 is 0 Å². The van der Waals surface area contributed by atoms with Crippen LogP contribution < -0.4 is 10.5 Å². The predicted octanol–water partition coefficient (Wildman–Crippen LogP) is 0.997. The van der Waals surface area contributed by atoms with Crippen LogP contribution in [0.5, 0.6) is 5.75 Å². The van der Waals surface area contributed by atoms with Gasteiger partial charge in [-0.3, -0.25) is 0 Å². The lowest BCUT2D eigenvalue weighted by molar-refractivity contribution is -0.0453. The number of hydrogen-bond donors (Lipinski definition) is 1. The Labute approximate surface area is 72.1 Å². The van der Waals surface area contributed by atoms with Crippen LogP contribution in [0.25, 0.3) is 0 Å². The van der Waals surface area contributed by atoms with Gasteiger partial charge in [0.05, 0.1) is 6.54 Å². The van der Waals surface area contributed by atoms with E-state index in [0.29, 0.717) is 6.54 Å². The van der Waals surface area contributed by atoms with Crippen LogP contribution in [0.2, 0.25) is 0 Å². The van der Waals surface area contributed by atoms with Gasteiger partial charge in [-0.05, 0) is 12.1 Å². The molecule has 0 amide bonds. The second-order valence-electron chi connectivity index (χ2n) is 2.33. The molecule has 1 aromatic rings. The highest BCUT2D eigenvalue weighted by atomic mass is 16.7. The van der Waals surface area contributed by atoms with Gasteiger partial charge in [0.15, 0.2) is 0 Å². The van der Waals surface area contributed by atoms with Gasteiger partial charge in [0, 0.05) is 7.11 Å². The molecule has 2 N–H and O–H groups in total. The van der Waals surface area contributed by atoms with Gasteiger partial charge in [-0.2, -0.15) is 0 Å². The van der Waals surface area contributed by atoms with E-state index < -0.39 is 0 Å². The van der Waals surface area contributed by atoms with Crippen LogP contribution in [0, 0.1) is 0 Å². The highest BCUT2D eigenvalue weighted by Gasteiger charge is 2.04. The first-order chi connectivity index (χ1) is 5.86. The van der Waals surface area contributed by atoms with Crippen molar-refractivity contribution >= 4 is 0 Å². The zero-order valence-corrected chi connectivity index (χ0v) is 7.07. The molecule has 0 radical (unpaired) electrons. The highest BCUT2D eigenvalue weighted by Crippen LogP contribution is 2.10. The molecule has 0 aliphatic heterocycles. The average molecular weight is 167 g/mol. The second-order valence-corrected chi connectivity index (χ2v) is 2.33. The number of methoxy groups -OCH3 is 1. The molecule has 0 aliphatic carbocycles. The molecule has 0 aromatic heterocycles. The van der Waals surface area contributed by atoms with Crippen LogP contribution in [0.1, 0.15) is 0 Å². The van der Waals surface area contributed by atoms with Crippen LogP contribution in [0.15, 0.2) is 30.3 Å². The van der Waals surface area contributed by atoms with Crippen LogP contribution in [-0.4, -0.2) is 19.9 Å². The molecular weight excluding hydrogens is 154 g/mol. The zero-order valence-electron chi connectivity index (χ0n) is 7.07. The fourth-order valence-corrected chi connectivity index (χ4v) is 0.843. The number of ether oxygens (including phenoxy) is 2. The third-order valence-corrected chi connectivity index (χ3v) is 1.47. The van der Waals surface area contributed by atoms with Crippen molar-refractivity contribution in [2.45, 2.75) is 6.29 Å². The summed E-state index contributed by atoms with van der Waals surface area (Å²) in [6.07, 6.45) is -0.354. The molecule has 1 aromatic carbocycles. The summed E-state index contributed by atoms with van der Waals surface area (Å²) in [5.74, 6) is 0.773. The standard InChI is InChI=1S/C9H13NO2/c1-11-9(7-10)12-8-5-3-2-4-6-8/h2-6,9H,7,10H2,1H3/t9-/m1/s1. The van der Waals surface area contributed by atoms with Gasteiger partial charge in [0.2, 0.25) is 6.29 Å². The molecule has 3 nitrogen and oxygen atoms in total. The minimum Gasteiger partial charge on any atom is -0.464 e. The Kier molecular flexibility index (Phi) is 3.57. The van der Waals surface area contributed by atoms with Crippen LogP contribution >= 0.6 is 0 Å². The van der Waals surface area contributed by atoms with Gasteiger partial charge in [-0.25, -0.2) is 0 Å². The van der Waals surface area contributed by atoms with Crippen LogP contribution in [0.4, 0.5) is 0 Å². The Morgan fingerprint density at radius 2 is 2.00 bits per heavy atom. The van der Waals surface area contributed by atoms with E-state index in [2.05, 4.69) is 0 Å². The molecule has 0 spiro atoms. The number of benzene rings is 1. The Balaban J connectivity index is 2.51. The van der Waals surface area contributed by atoms with Crippen molar-refractivity contribution in [3.05, 3.63) is 30.3 Å². The maximum atomic E-state index is 5.38. The van der Waals surface area contributed by atoms with Crippen molar-refractivity contribution in [2.75, 3.05) is 13.7 Å². The molecule has 0 saturated carbocycles. The van der Waals surface area contributed by atoms with E-state index in [1.165, 1.54) is 0 Å². The molecule has 0 aliphatic rings. The van der Waals surface area contributed by atoms with E-state index in [0.717, 1.165) is 5.75 Å². The average Bonchev–Trinajstić information content (AvgIpc) is 2.16. The van der Waals surface area contributed by atoms with E-state index in [-0.39, 0.29) is 6.29 Å². The fourth-order valence-electron chi connectivity index (χ4n) is 0.843. The zero-order chi connectivity index (χ0) is 8.81. The van der Waals surface area contributed by atoms with Gasteiger partial charge in [-0.1, -0.05) is 18.2 Å². The van der Waals surface area contributed by atoms with E-state index in [1.807, 2.05) is 30.3 Å². The molecule has 1 atom stereocenters. The summed E-state index contributed by atoms with van der Waals surface area (Å²) in [6.45, 7) is 0.353. The smallest absolute Gasteiger partial charge is 0.211 e. The maximum Gasteiger partial charge on any atom is 0.211 e. The SMILES string of the molecule is CO[C@@H](CN)Oc1ccccc1. The first-order valence-electron chi connectivity index (χ1n) is 3.81. The van der Waals surface area contributed by atoms with E-state index in [1.54, 1.807) is 7.11 Å². The quantitative estimate of drug-likeness (QED) is 0.680. The van der Waals surface area contributed by atoms with Crippen molar-refractivity contribution in [3.8, 4) is 5.75 Å². The van der Waals surface area contributed by atoms with Crippen molar-refractivity contribution in [1.29, 1.82) is 0 Å². The van der Waals surface area contributed by atoms with Crippen molar-refractivity contribution in [2.24, 2.45) is 5.73 Å². The first kappa shape index (κ1) is 9.03. The minimum atomic E-state index is -0.354. The summed E-state index contributed by atoms with van der Waals surface area (Å²) in [4.78, 5) is 0. The molecular formula is C9H13NO2. The van der Waals surface area contributed by atoms with E-state index in [4.69, 9.17) is 15.2 Å². The summed E-state index contributed by atoms with van der Waals surface area (Å²) < 4.78 is 10.3. The van der Waals surface area contributed by atoms with Crippen LogP contribution in [0.3, 0.4) is 0 Å². The lowest BCUT2D eigenvalue weighted by Gasteiger charge is -2.14. The first-order valence-corrected chi connectivity index (χ1v) is 3.81. The fraction of sp³-hybridized carbons (Fsp3) is 0.333. The molecule has 0 unspecified atom stereocenters. The van der Waals surface area contributed by atoms with Gasteiger partial charge in [0.1, 0.15) is 5.75 Å². The van der Waals surface area contributed by atoms with E-state index in [9.17, 15) is 0 Å². The monoisotopic (exact) mass is 167 g/mol. The number of nitrogens with two attached hydrogens (primary N) is 1. The Hall–Kier alpha value is -1.06. The van der Waals surface area contributed by atoms with Gasteiger partial charge < -0.3 is 15.2 Å². The lowest BCUT2D eigenvalue weighted by Crippen LogP contribution is -2.28. The summed E-state index contributed by atoms with van der Waals surface area (Å²) in [5, 5.41) is 0. The molecule has 0 fully saturated rings. The Morgan fingerprint density at radius 3 is 2.50 bits per heavy atom. The minimum absolute atomic E-state index is 0.353. The summed E-state index contributed by atoms with van der Waals surface area (Å²) in [7, 11) is 1.57. The third kappa shape index (κ3) is 2.53. The molecule has 66 valence electrons. The normalized spacial score (nSPS) is 12.5. The maximum absolute atomic E-state index is 5.38. The Bertz CT molecular complexity index is 209. The number of rotatable bonds is 4. The summed E-state index contributed by atoms with van der Waals surface area (Å²) in [5.41, 5.74) is 5.38. The third-order valence-electron chi connectivity index (χ3n) is 1.47. The number of hydrogen-bond acceptors (Lipinski definition) is 3. The largest absolute Gasteiger partial charge is 0.464 e. The van der Waals surface area contributed by atoms with Crippen molar-refractivity contribution < 1.29 is 9.47 Å². The predicted molar refractivity (Wildman–Crippen MR) is 46.9 cm³/mol.